The average molecular weight is 198 g/mol. The molecule has 0 saturated carbocycles. The molecule has 3 rings (SSSR count). The van der Waals surface area contributed by atoms with Crippen molar-refractivity contribution in [3.63, 3.8) is 0 Å². The molecule has 0 fully saturated rings. The van der Waals surface area contributed by atoms with Crippen LogP contribution in [-0.4, -0.2) is 19.9 Å². The van der Waals surface area contributed by atoms with Crippen molar-refractivity contribution in [3.05, 3.63) is 55.2 Å². The second-order valence-electron chi connectivity index (χ2n) is 2.80. The molecule has 1 N–H and O–H groups in total. The van der Waals surface area contributed by atoms with Gasteiger partial charge in [-0.3, -0.25) is 4.98 Å². The lowest BCUT2D eigenvalue weighted by Gasteiger charge is -1.80. The molecule has 0 spiro atoms. The maximum Gasteiger partial charge on any atom is 0.177 e. The van der Waals surface area contributed by atoms with Crippen molar-refractivity contribution in [1.29, 1.82) is 0 Å². The number of aromatic amines is 1. The Bertz CT molecular complexity index is 447. The Balaban J connectivity index is 0.000000124. The highest BCUT2D eigenvalue weighted by molar-refractivity contribution is 5.68. The molecule has 0 bridgehead atoms. The van der Waals surface area contributed by atoms with E-state index in [4.69, 9.17) is 0 Å². The molecule has 4 nitrogen and oxygen atoms in total. The molecule has 0 unspecified atom stereocenters. The monoisotopic (exact) mass is 198 g/mol. The van der Waals surface area contributed by atoms with Gasteiger partial charge in [0.05, 0.1) is 11.8 Å². The van der Waals surface area contributed by atoms with E-state index in [9.17, 15) is 0 Å². The zero-order chi connectivity index (χ0) is 10.3. The van der Waals surface area contributed by atoms with Crippen LogP contribution >= 0.6 is 0 Å². The summed E-state index contributed by atoms with van der Waals surface area (Å²) in [4.78, 5) is 14.7. The van der Waals surface area contributed by atoms with Crippen LogP contribution in [0.2, 0.25) is 0 Å². The second-order valence-corrected chi connectivity index (χ2v) is 2.80. The maximum atomic E-state index is 4.00. The molecule has 0 aliphatic rings. The SMILES string of the molecule is c1ccncc1.c1cnc2nc[nH]c2c1. The number of nitrogens with zero attached hydrogens (tertiary/aromatic N) is 3. The fourth-order valence-electron chi connectivity index (χ4n) is 1.09. The standard InChI is InChI=1S/C6H5N3.C5H5N/c1-2-5-6(7-3-1)9-4-8-5;1-2-4-6-5-3-1/h1-4H,(H,7,8,9);1-5H. The minimum absolute atomic E-state index is 0.775. The van der Waals surface area contributed by atoms with Gasteiger partial charge < -0.3 is 4.98 Å². The smallest absolute Gasteiger partial charge is 0.177 e. The van der Waals surface area contributed by atoms with E-state index in [1.54, 1.807) is 24.9 Å². The number of hydrogen-bond acceptors (Lipinski definition) is 3. The number of hydrogen-bond donors (Lipinski definition) is 1. The number of aromatic nitrogens is 4. The Morgan fingerprint density at radius 2 is 1.73 bits per heavy atom. The quantitative estimate of drug-likeness (QED) is 0.601. The predicted octanol–water partition coefficient (Wildman–Crippen LogP) is 2.04. The van der Waals surface area contributed by atoms with E-state index in [0.29, 0.717) is 0 Å². The Morgan fingerprint density at radius 1 is 0.867 bits per heavy atom. The molecule has 15 heavy (non-hydrogen) atoms. The van der Waals surface area contributed by atoms with Gasteiger partial charge in [0.15, 0.2) is 5.65 Å². The number of pyridine rings is 2. The lowest BCUT2D eigenvalue weighted by molar-refractivity contribution is 1.30. The molecule has 0 aromatic carbocycles. The Morgan fingerprint density at radius 3 is 2.33 bits per heavy atom. The van der Waals surface area contributed by atoms with Crippen LogP contribution in [0, 0.1) is 0 Å². The number of imidazole rings is 1. The molecule has 0 atom stereocenters. The van der Waals surface area contributed by atoms with Gasteiger partial charge in [-0.05, 0) is 24.3 Å². The maximum absolute atomic E-state index is 4.00. The molecule has 0 amide bonds. The fraction of sp³-hybridized carbons (Fsp3) is 0. The van der Waals surface area contributed by atoms with Crippen molar-refractivity contribution in [2.45, 2.75) is 0 Å². The second kappa shape index (κ2) is 4.85. The van der Waals surface area contributed by atoms with Gasteiger partial charge in [0, 0.05) is 18.6 Å². The minimum atomic E-state index is 0.775. The fourth-order valence-corrected chi connectivity index (χ4v) is 1.09. The highest BCUT2D eigenvalue weighted by Crippen LogP contribution is 2.01. The molecule has 3 aromatic rings. The summed E-state index contributed by atoms with van der Waals surface area (Å²) in [5.41, 5.74) is 1.76. The predicted molar refractivity (Wildman–Crippen MR) is 58.1 cm³/mol. The molecule has 0 aliphatic carbocycles. The van der Waals surface area contributed by atoms with Crippen LogP contribution in [0.5, 0.6) is 0 Å². The molecule has 3 aromatic heterocycles. The van der Waals surface area contributed by atoms with Gasteiger partial charge in [0.1, 0.15) is 0 Å². The third-order valence-corrected chi connectivity index (χ3v) is 1.76. The van der Waals surface area contributed by atoms with Crippen LogP contribution in [0.1, 0.15) is 0 Å². The van der Waals surface area contributed by atoms with Gasteiger partial charge in [0.25, 0.3) is 0 Å². The zero-order valence-corrected chi connectivity index (χ0v) is 8.04. The summed E-state index contributed by atoms with van der Waals surface area (Å²) in [6.45, 7) is 0. The van der Waals surface area contributed by atoms with E-state index in [0.717, 1.165) is 11.2 Å². The van der Waals surface area contributed by atoms with Crippen molar-refractivity contribution in [2.75, 3.05) is 0 Å². The van der Waals surface area contributed by atoms with E-state index >= 15 is 0 Å². The third-order valence-electron chi connectivity index (χ3n) is 1.76. The third kappa shape index (κ3) is 2.60. The topological polar surface area (TPSA) is 54.5 Å². The summed E-state index contributed by atoms with van der Waals surface area (Å²) >= 11 is 0. The van der Waals surface area contributed by atoms with Crippen LogP contribution in [0.4, 0.5) is 0 Å². The van der Waals surface area contributed by atoms with Crippen LogP contribution in [0.15, 0.2) is 55.2 Å². The van der Waals surface area contributed by atoms with Crippen molar-refractivity contribution >= 4 is 11.2 Å². The first-order valence-electron chi connectivity index (χ1n) is 4.56. The first-order chi connectivity index (χ1) is 7.47. The highest BCUT2D eigenvalue weighted by Gasteiger charge is 1.90. The summed E-state index contributed by atoms with van der Waals surface area (Å²) in [7, 11) is 0. The Hall–Kier alpha value is -2.23. The molecule has 74 valence electrons. The Kier molecular flexibility index (Phi) is 3.02. The minimum Gasteiger partial charge on any atom is -0.343 e. The van der Waals surface area contributed by atoms with E-state index in [1.807, 2.05) is 30.3 Å². The van der Waals surface area contributed by atoms with Crippen LogP contribution in [0.25, 0.3) is 11.2 Å². The largest absolute Gasteiger partial charge is 0.343 e. The van der Waals surface area contributed by atoms with Crippen LogP contribution < -0.4 is 0 Å². The number of H-pyrrole nitrogens is 1. The Labute approximate surface area is 87.0 Å². The molecule has 0 aliphatic heterocycles. The van der Waals surface area contributed by atoms with Gasteiger partial charge in [-0.2, -0.15) is 0 Å². The lowest BCUT2D eigenvalue weighted by Crippen LogP contribution is -1.71. The molecular formula is C11H10N4. The van der Waals surface area contributed by atoms with Crippen LogP contribution in [-0.2, 0) is 0 Å². The summed E-state index contributed by atoms with van der Waals surface area (Å²) in [5.74, 6) is 0. The van der Waals surface area contributed by atoms with Gasteiger partial charge in [-0.15, -0.1) is 0 Å². The highest BCUT2D eigenvalue weighted by atomic mass is 14.9. The van der Waals surface area contributed by atoms with Gasteiger partial charge in [-0.25, -0.2) is 9.97 Å². The van der Waals surface area contributed by atoms with E-state index in [2.05, 4.69) is 19.9 Å². The average Bonchev–Trinajstić information content (AvgIpc) is 2.80. The van der Waals surface area contributed by atoms with Crippen molar-refractivity contribution in [1.82, 2.24) is 19.9 Å². The summed E-state index contributed by atoms with van der Waals surface area (Å²) in [5, 5.41) is 0. The summed E-state index contributed by atoms with van der Waals surface area (Å²) in [6, 6.07) is 9.53. The molecule has 0 saturated heterocycles. The summed E-state index contributed by atoms with van der Waals surface area (Å²) < 4.78 is 0. The van der Waals surface area contributed by atoms with E-state index in [1.165, 1.54) is 0 Å². The molecule has 3 heterocycles. The lowest BCUT2D eigenvalue weighted by atomic mass is 10.4. The molecule has 4 heteroatoms. The molecular weight excluding hydrogens is 188 g/mol. The first kappa shape index (κ1) is 9.33. The molecule has 0 radical (unpaired) electrons. The van der Waals surface area contributed by atoms with Gasteiger partial charge in [-0.1, -0.05) is 6.07 Å². The van der Waals surface area contributed by atoms with Crippen molar-refractivity contribution in [2.24, 2.45) is 0 Å². The van der Waals surface area contributed by atoms with Crippen LogP contribution in [0.3, 0.4) is 0 Å². The van der Waals surface area contributed by atoms with E-state index < -0.39 is 0 Å². The van der Waals surface area contributed by atoms with Crippen molar-refractivity contribution < 1.29 is 0 Å². The number of fused-ring (bicyclic) bond motifs is 1. The first-order valence-corrected chi connectivity index (χ1v) is 4.56. The number of rotatable bonds is 0. The zero-order valence-electron chi connectivity index (χ0n) is 8.04. The normalized spacial score (nSPS) is 9.33. The van der Waals surface area contributed by atoms with E-state index in [-0.39, 0.29) is 0 Å². The van der Waals surface area contributed by atoms with Crippen molar-refractivity contribution in [3.8, 4) is 0 Å². The summed E-state index contributed by atoms with van der Waals surface area (Å²) in [6.07, 6.45) is 6.86. The van der Waals surface area contributed by atoms with Gasteiger partial charge >= 0.3 is 0 Å². The van der Waals surface area contributed by atoms with Gasteiger partial charge in [0.2, 0.25) is 0 Å². The number of nitrogens with one attached hydrogen (secondary N) is 1.